The van der Waals surface area contributed by atoms with Crippen LogP contribution < -0.4 is 10.9 Å². The van der Waals surface area contributed by atoms with Crippen LogP contribution in [-0.4, -0.2) is 46.4 Å². The van der Waals surface area contributed by atoms with Gasteiger partial charge in [0.1, 0.15) is 11.3 Å². The molecule has 0 radical (unpaired) electrons. The second kappa shape index (κ2) is 9.82. The number of amides is 2. The maximum atomic E-state index is 12.9. The van der Waals surface area contributed by atoms with E-state index in [1.807, 2.05) is 18.4 Å². The molecule has 3 rings (SSSR count). The Labute approximate surface area is 186 Å². The summed E-state index contributed by atoms with van der Waals surface area (Å²) in [6, 6.07) is 8.54. The molecule has 0 saturated heterocycles. The van der Waals surface area contributed by atoms with Crippen LogP contribution in [0, 0.1) is 0 Å². The molecule has 1 aliphatic rings. The average Bonchev–Trinajstić information content (AvgIpc) is 2.71. The number of carbonyl (C=O) groups excluding carboxylic acids is 2. The third-order valence-corrected chi connectivity index (χ3v) is 6.27. The van der Waals surface area contributed by atoms with Crippen molar-refractivity contribution in [3.63, 3.8) is 0 Å². The summed E-state index contributed by atoms with van der Waals surface area (Å²) >= 11 is 11.0. The molecule has 1 N–H and O–H groups in total. The minimum absolute atomic E-state index is 0.0122. The van der Waals surface area contributed by atoms with E-state index >= 15 is 0 Å². The Bertz CT molecular complexity index is 978. The molecule has 1 aromatic heterocycles. The van der Waals surface area contributed by atoms with Gasteiger partial charge in [-0.1, -0.05) is 23.7 Å². The van der Waals surface area contributed by atoms with Gasteiger partial charge >= 0.3 is 0 Å². The molecule has 0 atom stereocenters. The minimum Gasteiger partial charge on any atom is -0.348 e. The Hall–Kier alpha value is -1.77. The number of nitrogens with one attached hydrogen (secondary N) is 1. The Morgan fingerprint density at radius 1 is 1.24 bits per heavy atom. The van der Waals surface area contributed by atoms with E-state index in [-0.39, 0.29) is 18.0 Å². The van der Waals surface area contributed by atoms with E-state index in [0.29, 0.717) is 34.8 Å². The van der Waals surface area contributed by atoms with Gasteiger partial charge in [0.05, 0.1) is 0 Å². The quantitative estimate of drug-likeness (QED) is 0.594. The van der Waals surface area contributed by atoms with Gasteiger partial charge < -0.3 is 14.8 Å². The van der Waals surface area contributed by atoms with Crippen LogP contribution in [0.5, 0.6) is 0 Å². The second-order valence-electron chi connectivity index (χ2n) is 6.66. The molecule has 0 spiro atoms. The Kier molecular flexibility index (Phi) is 7.43. The fourth-order valence-electron chi connectivity index (χ4n) is 3.19. The zero-order valence-corrected chi connectivity index (χ0v) is 19.1. The van der Waals surface area contributed by atoms with E-state index in [0.717, 1.165) is 17.7 Å². The van der Waals surface area contributed by atoms with Gasteiger partial charge in [0, 0.05) is 35.7 Å². The zero-order valence-electron chi connectivity index (χ0n) is 15.9. The third kappa shape index (κ3) is 5.05. The standard InChI is InChI=1S/C20H21BrClN3O3S/c1-29-10-2-7-24-8-9-25-17(20(24)28)16(21)11-15(19(25)27)18(26)23-12-13-3-5-14(22)6-4-13/h3-6,11H,2,7-10,12H2,1H3,(H,23,26). The van der Waals surface area contributed by atoms with E-state index in [1.165, 1.54) is 10.6 Å². The predicted octanol–water partition coefficient (Wildman–Crippen LogP) is 3.40. The first-order valence-corrected chi connectivity index (χ1v) is 11.7. The summed E-state index contributed by atoms with van der Waals surface area (Å²) in [4.78, 5) is 40.0. The number of thioether (sulfide) groups is 1. The Morgan fingerprint density at radius 2 is 1.97 bits per heavy atom. The van der Waals surface area contributed by atoms with Gasteiger partial charge in [0.15, 0.2) is 0 Å². The lowest BCUT2D eigenvalue weighted by atomic mass is 10.1. The van der Waals surface area contributed by atoms with Crippen LogP contribution in [0.4, 0.5) is 0 Å². The summed E-state index contributed by atoms with van der Waals surface area (Å²) in [7, 11) is 0. The maximum Gasteiger partial charge on any atom is 0.271 e. The molecule has 6 nitrogen and oxygen atoms in total. The smallest absolute Gasteiger partial charge is 0.271 e. The molecule has 0 bridgehead atoms. The van der Waals surface area contributed by atoms with Gasteiger partial charge in [0.2, 0.25) is 0 Å². The molecule has 0 fully saturated rings. The number of hydrogen-bond acceptors (Lipinski definition) is 4. The number of hydrogen-bond donors (Lipinski definition) is 1. The SMILES string of the molecule is CSCCCN1CCn2c(c(Br)cc(C(=O)NCc3ccc(Cl)cc3)c2=O)C1=O. The van der Waals surface area contributed by atoms with E-state index < -0.39 is 11.5 Å². The zero-order chi connectivity index (χ0) is 21.0. The summed E-state index contributed by atoms with van der Waals surface area (Å²) in [5.41, 5.74) is 0.739. The van der Waals surface area contributed by atoms with Crippen molar-refractivity contribution in [3.8, 4) is 0 Å². The van der Waals surface area contributed by atoms with Gasteiger partial charge in [0.25, 0.3) is 17.4 Å². The van der Waals surface area contributed by atoms with Crippen molar-refractivity contribution in [2.24, 2.45) is 0 Å². The van der Waals surface area contributed by atoms with Gasteiger partial charge in [-0.05, 0) is 58.1 Å². The van der Waals surface area contributed by atoms with Gasteiger partial charge in [-0.2, -0.15) is 11.8 Å². The number of benzene rings is 1. The summed E-state index contributed by atoms with van der Waals surface area (Å²) in [5.74, 6) is 0.315. The van der Waals surface area contributed by atoms with Crippen LogP contribution in [0.15, 0.2) is 39.6 Å². The van der Waals surface area contributed by atoms with Crippen molar-refractivity contribution < 1.29 is 9.59 Å². The number of halogens is 2. The van der Waals surface area contributed by atoms with Gasteiger partial charge in [-0.25, -0.2) is 0 Å². The van der Waals surface area contributed by atoms with Gasteiger partial charge in [-0.15, -0.1) is 0 Å². The number of pyridine rings is 1. The number of nitrogens with zero attached hydrogens (tertiary/aromatic N) is 2. The summed E-state index contributed by atoms with van der Waals surface area (Å²) < 4.78 is 1.85. The lowest BCUT2D eigenvalue weighted by molar-refractivity contribution is 0.0698. The molecule has 2 heterocycles. The number of carbonyl (C=O) groups is 2. The molecular weight excluding hydrogens is 478 g/mol. The summed E-state index contributed by atoms with van der Waals surface area (Å²) in [6.45, 7) is 1.76. The molecule has 154 valence electrons. The molecule has 0 saturated carbocycles. The minimum atomic E-state index is -0.476. The van der Waals surface area contributed by atoms with Crippen LogP contribution >= 0.6 is 39.3 Å². The predicted molar refractivity (Wildman–Crippen MR) is 120 cm³/mol. The van der Waals surface area contributed by atoms with Crippen LogP contribution in [0.2, 0.25) is 5.02 Å². The van der Waals surface area contributed by atoms with Crippen LogP contribution in [0.25, 0.3) is 0 Å². The highest BCUT2D eigenvalue weighted by Gasteiger charge is 2.29. The third-order valence-electron chi connectivity index (χ3n) is 4.71. The fraction of sp³-hybridized carbons (Fsp3) is 0.350. The number of rotatable bonds is 7. The second-order valence-corrected chi connectivity index (χ2v) is 8.94. The molecule has 1 aromatic carbocycles. The molecular formula is C20H21BrClN3O3S. The van der Waals surface area contributed by atoms with Crippen LogP contribution in [-0.2, 0) is 13.1 Å². The molecule has 2 amide bonds. The molecule has 9 heteroatoms. The highest BCUT2D eigenvalue weighted by atomic mass is 79.9. The van der Waals surface area contributed by atoms with E-state index in [4.69, 9.17) is 11.6 Å². The van der Waals surface area contributed by atoms with Crippen molar-refractivity contribution in [2.45, 2.75) is 19.5 Å². The largest absolute Gasteiger partial charge is 0.348 e. The highest BCUT2D eigenvalue weighted by molar-refractivity contribution is 9.10. The van der Waals surface area contributed by atoms with Crippen molar-refractivity contribution >= 4 is 51.1 Å². The summed E-state index contributed by atoms with van der Waals surface area (Å²) in [5, 5.41) is 3.36. The first kappa shape index (κ1) is 21.9. The highest BCUT2D eigenvalue weighted by Crippen LogP contribution is 2.22. The summed E-state index contributed by atoms with van der Waals surface area (Å²) in [6.07, 6.45) is 2.93. The molecule has 29 heavy (non-hydrogen) atoms. The van der Waals surface area contributed by atoms with Crippen molar-refractivity contribution in [1.29, 1.82) is 0 Å². The lowest BCUT2D eigenvalue weighted by Crippen LogP contribution is -2.46. The molecule has 0 unspecified atom stereocenters. The first-order chi connectivity index (χ1) is 13.9. The maximum absolute atomic E-state index is 12.9. The van der Waals surface area contributed by atoms with E-state index in [1.54, 1.807) is 28.8 Å². The van der Waals surface area contributed by atoms with Gasteiger partial charge in [-0.3, -0.25) is 14.4 Å². The normalized spacial score (nSPS) is 13.3. The van der Waals surface area contributed by atoms with Crippen LogP contribution in [0.1, 0.15) is 32.8 Å². The van der Waals surface area contributed by atoms with Crippen LogP contribution in [0.3, 0.4) is 0 Å². The Balaban J connectivity index is 1.78. The monoisotopic (exact) mass is 497 g/mol. The molecule has 2 aromatic rings. The molecule has 1 aliphatic heterocycles. The Morgan fingerprint density at radius 3 is 2.66 bits per heavy atom. The van der Waals surface area contributed by atoms with Crippen molar-refractivity contribution in [3.05, 3.63) is 67.0 Å². The van der Waals surface area contributed by atoms with Crippen molar-refractivity contribution in [1.82, 2.24) is 14.8 Å². The average molecular weight is 499 g/mol. The van der Waals surface area contributed by atoms with E-state index in [2.05, 4.69) is 21.2 Å². The fourth-order valence-corrected chi connectivity index (χ4v) is 4.35. The van der Waals surface area contributed by atoms with Crippen molar-refractivity contribution in [2.75, 3.05) is 25.1 Å². The topological polar surface area (TPSA) is 71.4 Å². The lowest BCUT2D eigenvalue weighted by Gasteiger charge is -2.30. The first-order valence-electron chi connectivity index (χ1n) is 9.16. The molecule has 0 aliphatic carbocycles. The number of fused-ring (bicyclic) bond motifs is 1. The van der Waals surface area contributed by atoms with E-state index in [9.17, 15) is 14.4 Å². The number of aromatic nitrogens is 1.